The molecule has 3 aromatic carbocycles. The van der Waals surface area contributed by atoms with Crippen LogP contribution in [0.4, 0.5) is 0 Å². The Balaban J connectivity index is 1.50. The van der Waals surface area contributed by atoms with Crippen molar-refractivity contribution in [2.24, 2.45) is 5.41 Å². The van der Waals surface area contributed by atoms with E-state index in [4.69, 9.17) is 4.74 Å². The molecule has 1 saturated carbocycles. The largest absolute Gasteiger partial charge is 0.465 e. The van der Waals surface area contributed by atoms with E-state index >= 15 is 0 Å². The molecule has 0 aliphatic heterocycles. The molecule has 3 aromatic rings. The maximum absolute atomic E-state index is 13.4. The van der Waals surface area contributed by atoms with E-state index in [0.717, 1.165) is 30.4 Å². The summed E-state index contributed by atoms with van der Waals surface area (Å²) in [5.41, 5.74) is 2.23. The van der Waals surface area contributed by atoms with E-state index in [2.05, 4.69) is 0 Å². The van der Waals surface area contributed by atoms with Crippen molar-refractivity contribution < 1.29 is 14.3 Å². The molecule has 1 aliphatic carbocycles. The van der Waals surface area contributed by atoms with Crippen molar-refractivity contribution >= 4 is 11.8 Å². The summed E-state index contributed by atoms with van der Waals surface area (Å²) in [6.45, 7) is 0.368. The van der Waals surface area contributed by atoms with Crippen LogP contribution in [0.1, 0.15) is 53.1 Å². The Morgan fingerprint density at radius 1 is 0.806 bits per heavy atom. The average molecular weight is 413 g/mol. The molecule has 3 nitrogen and oxygen atoms in total. The standard InChI is InChI=1S/C28H28O3/c29-26(24-15-8-3-9-16-24)25(23-13-6-2-7-14-23)21-28(18-10-19-28)27(30)31-20-17-22-11-4-1-5-12-22/h1-9,11-16,25H,10,17-21H2. The third-order valence-corrected chi connectivity index (χ3v) is 6.38. The van der Waals surface area contributed by atoms with E-state index < -0.39 is 5.41 Å². The summed E-state index contributed by atoms with van der Waals surface area (Å²) in [5.74, 6) is -0.447. The highest BCUT2D eigenvalue weighted by atomic mass is 16.5. The Morgan fingerprint density at radius 2 is 1.39 bits per heavy atom. The smallest absolute Gasteiger partial charge is 0.312 e. The maximum atomic E-state index is 13.4. The van der Waals surface area contributed by atoms with Crippen molar-refractivity contribution in [3.8, 4) is 0 Å². The van der Waals surface area contributed by atoms with Crippen LogP contribution in [-0.2, 0) is 16.0 Å². The van der Waals surface area contributed by atoms with Crippen molar-refractivity contribution in [1.29, 1.82) is 0 Å². The Hall–Kier alpha value is -3.20. The van der Waals surface area contributed by atoms with Crippen LogP contribution in [0, 0.1) is 5.41 Å². The molecule has 0 heterocycles. The third-order valence-electron chi connectivity index (χ3n) is 6.38. The zero-order valence-electron chi connectivity index (χ0n) is 17.7. The summed E-state index contributed by atoms with van der Waals surface area (Å²) in [6, 6.07) is 29.2. The number of hydrogen-bond acceptors (Lipinski definition) is 3. The van der Waals surface area contributed by atoms with Gasteiger partial charge in [-0.05, 0) is 30.4 Å². The van der Waals surface area contributed by atoms with Gasteiger partial charge in [0, 0.05) is 17.9 Å². The van der Waals surface area contributed by atoms with Crippen LogP contribution in [-0.4, -0.2) is 18.4 Å². The van der Waals surface area contributed by atoms with E-state index in [-0.39, 0.29) is 17.7 Å². The predicted molar refractivity (Wildman–Crippen MR) is 122 cm³/mol. The Bertz CT molecular complexity index is 992. The number of hydrogen-bond donors (Lipinski definition) is 0. The molecule has 1 aliphatic rings. The van der Waals surface area contributed by atoms with Gasteiger partial charge < -0.3 is 4.74 Å². The van der Waals surface area contributed by atoms with Crippen molar-refractivity contribution in [2.75, 3.05) is 6.61 Å². The van der Waals surface area contributed by atoms with Gasteiger partial charge in [-0.15, -0.1) is 0 Å². The summed E-state index contributed by atoms with van der Waals surface area (Å²) in [7, 11) is 0. The van der Waals surface area contributed by atoms with Crippen molar-refractivity contribution in [3.05, 3.63) is 108 Å². The minimum Gasteiger partial charge on any atom is -0.465 e. The molecule has 0 spiro atoms. The number of carbonyl (C=O) groups is 2. The SMILES string of the molecule is O=C(c1ccccc1)C(CC1(C(=O)OCCc2ccccc2)CCC1)c1ccccc1. The van der Waals surface area contributed by atoms with Gasteiger partial charge in [-0.1, -0.05) is 97.4 Å². The Kier molecular flexibility index (Phi) is 6.61. The minimum atomic E-state index is -0.568. The molecule has 1 atom stereocenters. The van der Waals surface area contributed by atoms with E-state index in [1.165, 1.54) is 0 Å². The predicted octanol–water partition coefficient (Wildman–Crippen LogP) is 6.00. The molecule has 1 fully saturated rings. The van der Waals surface area contributed by atoms with Gasteiger partial charge in [-0.25, -0.2) is 0 Å². The lowest BCUT2D eigenvalue weighted by Crippen LogP contribution is -2.42. The summed E-state index contributed by atoms with van der Waals surface area (Å²) in [6.07, 6.45) is 3.75. The fourth-order valence-corrected chi connectivity index (χ4v) is 4.40. The monoisotopic (exact) mass is 412 g/mol. The normalized spacial score (nSPS) is 15.5. The zero-order chi connectivity index (χ0) is 21.5. The van der Waals surface area contributed by atoms with Gasteiger partial charge in [0.05, 0.1) is 12.0 Å². The van der Waals surface area contributed by atoms with E-state index in [1.807, 2.05) is 91.0 Å². The molecule has 158 valence electrons. The molecule has 3 heteroatoms. The fraction of sp³-hybridized carbons (Fsp3) is 0.286. The molecular weight excluding hydrogens is 384 g/mol. The van der Waals surface area contributed by atoms with Gasteiger partial charge in [0.25, 0.3) is 0 Å². The number of benzene rings is 3. The second-order valence-electron chi connectivity index (χ2n) is 8.40. The van der Waals surface area contributed by atoms with Crippen LogP contribution in [0.5, 0.6) is 0 Å². The quantitative estimate of drug-likeness (QED) is 0.320. The van der Waals surface area contributed by atoms with Gasteiger partial charge in [0.15, 0.2) is 5.78 Å². The fourth-order valence-electron chi connectivity index (χ4n) is 4.40. The molecule has 0 radical (unpaired) electrons. The van der Waals surface area contributed by atoms with Crippen molar-refractivity contribution in [2.45, 2.75) is 38.0 Å². The highest BCUT2D eigenvalue weighted by molar-refractivity contribution is 6.01. The van der Waals surface area contributed by atoms with E-state index in [0.29, 0.717) is 25.0 Å². The lowest BCUT2D eigenvalue weighted by molar-refractivity contribution is -0.162. The lowest BCUT2D eigenvalue weighted by atomic mass is 9.62. The topological polar surface area (TPSA) is 43.4 Å². The summed E-state index contributed by atoms with van der Waals surface area (Å²) >= 11 is 0. The summed E-state index contributed by atoms with van der Waals surface area (Å²) in [4.78, 5) is 26.6. The summed E-state index contributed by atoms with van der Waals surface area (Å²) in [5, 5.41) is 0. The highest BCUT2D eigenvalue weighted by Gasteiger charge is 2.48. The van der Waals surface area contributed by atoms with Crippen molar-refractivity contribution in [3.63, 3.8) is 0 Å². The second kappa shape index (κ2) is 9.74. The van der Waals surface area contributed by atoms with Crippen LogP contribution >= 0.6 is 0 Å². The number of carbonyl (C=O) groups excluding carboxylic acids is 2. The minimum absolute atomic E-state index is 0.0650. The van der Waals surface area contributed by atoms with Crippen LogP contribution in [0.15, 0.2) is 91.0 Å². The molecule has 0 amide bonds. The van der Waals surface area contributed by atoms with E-state index in [9.17, 15) is 9.59 Å². The first-order valence-corrected chi connectivity index (χ1v) is 11.0. The van der Waals surface area contributed by atoms with Gasteiger partial charge in [-0.2, -0.15) is 0 Å². The lowest BCUT2D eigenvalue weighted by Gasteiger charge is -2.41. The first kappa shape index (κ1) is 21.0. The Morgan fingerprint density at radius 3 is 1.97 bits per heavy atom. The van der Waals surface area contributed by atoms with Gasteiger partial charge in [0.1, 0.15) is 0 Å². The maximum Gasteiger partial charge on any atom is 0.312 e. The first-order valence-electron chi connectivity index (χ1n) is 11.0. The zero-order valence-corrected chi connectivity index (χ0v) is 17.7. The van der Waals surface area contributed by atoms with Crippen LogP contribution in [0.2, 0.25) is 0 Å². The number of rotatable bonds is 9. The van der Waals surface area contributed by atoms with Crippen molar-refractivity contribution in [1.82, 2.24) is 0 Å². The second-order valence-corrected chi connectivity index (χ2v) is 8.40. The molecule has 1 unspecified atom stereocenters. The number of esters is 1. The van der Waals surface area contributed by atoms with Crippen LogP contribution in [0.3, 0.4) is 0 Å². The molecule has 0 aromatic heterocycles. The Labute approximate surface area is 184 Å². The number of ketones is 1. The molecular formula is C28H28O3. The molecule has 0 N–H and O–H groups in total. The van der Waals surface area contributed by atoms with Gasteiger partial charge >= 0.3 is 5.97 Å². The first-order chi connectivity index (χ1) is 15.2. The van der Waals surface area contributed by atoms with E-state index in [1.54, 1.807) is 0 Å². The molecule has 4 rings (SSSR count). The highest BCUT2D eigenvalue weighted by Crippen LogP contribution is 2.49. The van der Waals surface area contributed by atoms with Crippen LogP contribution < -0.4 is 0 Å². The summed E-state index contributed by atoms with van der Waals surface area (Å²) < 4.78 is 5.73. The molecule has 31 heavy (non-hydrogen) atoms. The van der Waals surface area contributed by atoms with Gasteiger partial charge in [-0.3, -0.25) is 9.59 Å². The number of Topliss-reactive ketones (excluding diaryl/α,β-unsaturated/α-hetero) is 1. The van der Waals surface area contributed by atoms with Gasteiger partial charge in [0.2, 0.25) is 0 Å². The molecule has 0 bridgehead atoms. The third kappa shape index (κ3) is 4.93. The van der Waals surface area contributed by atoms with Crippen LogP contribution in [0.25, 0.3) is 0 Å². The molecule has 0 saturated heterocycles. The average Bonchev–Trinajstić information content (AvgIpc) is 2.80. The number of ether oxygens (including phenoxy) is 1.